The van der Waals surface area contributed by atoms with Gasteiger partial charge in [-0.05, 0) is 38.4 Å². The second-order valence-corrected chi connectivity index (χ2v) is 8.66. The molecule has 7 nitrogen and oxygen atoms in total. The molecule has 1 saturated heterocycles. The molecule has 2 aromatic heterocycles. The quantitative estimate of drug-likeness (QED) is 0.576. The fourth-order valence-electron chi connectivity index (χ4n) is 4.24. The number of aromatic amines is 1. The average Bonchev–Trinajstić information content (AvgIpc) is 3.42. The first-order valence-corrected chi connectivity index (χ1v) is 11.3. The average molecular weight is 424 g/mol. The molecular weight excluding hydrogens is 390 g/mol. The number of nitrogens with one attached hydrogen (secondary N) is 2. The molecule has 0 radical (unpaired) electrons. The number of piperazine rings is 1. The minimum absolute atomic E-state index is 0.0452. The summed E-state index contributed by atoms with van der Waals surface area (Å²) in [6.07, 6.45) is 7.47. The molecule has 1 unspecified atom stereocenters. The van der Waals surface area contributed by atoms with Crippen LogP contribution in [0.25, 0.3) is 10.9 Å². The Hall–Kier alpha value is -2.80. The first-order valence-electron chi connectivity index (χ1n) is 11.3. The summed E-state index contributed by atoms with van der Waals surface area (Å²) in [5.41, 5.74) is 2.35. The lowest BCUT2D eigenvalue weighted by molar-refractivity contribution is 0.0906. The van der Waals surface area contributed by atoms with E-state index in [4.69, 9.17) is 4.42 Å². The molecule has 31 heavy (non-hydrogen) atoms. The van der Waals surface area contributed by atoms with Crippen LogP contribution in [0.15, 0.2) is 41.1 Å². The number of hydrogen-bond donors (Lipinski definition) is 2. The third-order valence-corrected chi connectivity index (χ3v) is 6.33. The Labute approximate surface area is 183 Å². The normalized spacial score (nSPS) is 18.4. The van der Waals surface area contributed by atoms with E-state index in [0.29, 0.717) is 12.1 Å². The standard InChI is InChI=1S/C24H33N5O2/c1-4-5-8-19(13-18-14-25-21-10-7-6-9-20(18)21)27-23(30)22-15-26-24(31-22)29-12-11-28(3)17(2)16-29/h6-7,9-10,14-15,17,19,25H,4-5,8,11-13,16H2,1-3H3,(H,27,30)/t17-,19?/m1/s1. The summed E-state index contributed by atoms with van der Waals surface area (Å²) in [6, 6.07) is 9.28. The van der Waals surface area contributed by atoms with Crippen LogP contribution in [0.5, 0.6) is 0 Å². The van der Waals surface area contributed by atoms with Gasteiger partial charge in [-0.2, -0.15) is 0 Å². The number of amides is 1. The van der Waals surface area contributed by atoms with Crippen molar-refractivity contribution in [1.82, 2.24) is 20.2 Å². The van der Waals surface area contributed by atoms with Crippen LogP contribution in [0.2, 0.25) is 0 Å². The molecule has 1 aliphatic heterocycles. The summed E-state index contributed by atoms with van der Waals surface area (Å²) in [4.78, 5) is 25.1. The highest BCUT2D eigenvalue weighted by molar-refractivity contribution is 5.91. The highest BCUT2D eigenvalue weighted by atomic mass is 16.4. The van der Waals surface area contributed by atoms with Crippen LogP contribution in [-0.2, 0) is 6.42 Å². The van der Waals surface area contributed by atoms with Crippen molar-refractivity contribution in [3.05, 3.63) is 48.0 Å². The summed E-state index contributed by atoms with van der Waals surface area (Å²) in [6.45, 7) is 7.00. The summed E-state index contributed by atoms with van der Waals surface area (Å²) in [5.74, 6) is 0.0869. The second kappa shape index (κ2) is 9.56. The number of fused-ring (bicyclic) bond motifs is 1. The van der Waals surface area contributed by atoms with Crippen molar-refractivity contribution < 1.29 is 9.21 Å². The number of aromatic nitrogens is 2. The van der Waals surface area contributed by atoms with Crippen molar-refractivity contribution in [3.63, 3.8) is 0 Å². The number of carbonyl (C=O) groups is 1. The zero-order chi connectivity index (χ0) is 21.8. The summed E-state index contributed by atoms with van der Waals surface area (Å²) in [5, 5.41) is 4.40. The minimum atomic E-state index is -0.193. The lowest BCUT2D eigenvalue weighted by atomic mass is 10.0. The summed E-state index contributed by atoms with van der Waals surface area (Å²) >= 11 is 0. The number of unbranched alkanes of at least 4 members (excludes halogenated alkanes) is 1. The first-order chi connectivity index (χ1) is 15.0. The molecule has 1 aromatic carbocycles. The number of hydrogen-bond acceptors (Lipinski definition) is 5. The highest BCUT2D eigenvalue weighted by Gasteiger charge is 2.25. The van der Waals surface area contributed by atoms with Crippen molar-refractivity contribution in [3.8, 4) is 0 Å². The van der Waals surface area contributed by atoms with Gasteiger partial charge in [-0.3, -0.25) is 4.79 Å². The van der Waals surface area contributed by atoms with Crippen molar-refractivity contribution >= 4 is 22.8 Å². The first kappa shape index (κ1) is 21.4. The van der Waals surface area contributed by atoms with E-state index in [-0.39, 0.29) is 17.7 Å². The minimum Gasteiger partial charge on any atom is -0.418 e. The van der Waals surface area contributed by atoms with E-state index in [9.17, 15) is 4.79 Å². The Kier molecular flexibility index (Phi) is 6.61. The molecule has 1 fully saturated rings. The number of carbonyl (C=O) groups excluding carboxylic acids is 1. The smallest absolute Gasteiger partial charge is 0.298 e. The van der Waals surface area contributed by atoms with Crippen LogP contribution >= 0.6 is 0 Å². The third kappa shape index (κ3) is 4.93. The van der Waals surface area contributed by atoms with Gasteiger partial charge in [0.15, 0.2) is 0 Å². The SMILES string of the molecule is CCCCC(Cc1c[nH]c2ccccc12)NC(=O)c1cnc(N2CCN(C)[C@H](C)C2)o1. The Balaban J connectivity index is 1.43. The van der Waals surface area contributed by atoms with Gasteiger partial charge in [0.2, 0.25) is 5.76 Å². The predicted molar refractivity (Wildman–Crippen MR) is 124 cm³/mol. The zero-order valence-electron chi connectivity index (χ0n) is 18.7. The van der Waals surface area contributed by atoms with Crippen LogP contribution in [0.1, 0.15) is 49.2 Å². The lowest BCUT2D eigenvalue weighted by Gasteiger charge is -2.36. The van der Waals surface area contributed by atoms with Gasteiger partial charge in [-0.1, -0.05) is 38.0 Å². The van der Waals surface area contributed by atoms with Gasteiger partial charge in [-0.25, -0.2) is 4.98 Å². The number of oxazole rings is 1. The maximum Gasteiger partial charge on any atom is 0.298 e. The topological polar surface area (TPSA) is 77.4 Å². The fourth-order valence-corrected chi connectivity index (χ4v) is 4.24. The molecule has 4 rings (SSSR count). The fraction of sp³-hybridized carbons (Fsp3) is 0.500. The van der Waals surface area contributed by atoms with E-state index in [2.05, 4.69) is 70.4 Å². The Morgan fingerprint density at radius 3 is 3.00 bits per heavy atom. The van der Waals surface area contributed by atoms with E-state index in [0.717, 1.165) is 50.8 Å². The van der Waals surface area contributed by atoms with Crippen LogP contribution in [-0.4, -0.2) is 59.5 Å². The Morgan fingerprint density at radius 2 is 2.19 bits per heavy atom. The highest BCUT2D eigenvalue weighted by Crippen LogP contribution is 2.22. The largest absolute Gasteiger partial charge is 0.418 e. The van der Waals surface area contributed by atoms with E-state index < -0.39 is 0 Å². The maximum absolute atomic E-state index is 12.9. The van der Waals surface area contributed by atoms with Gasteiger partial charge >= 0.3 is 0 Å². The lowest BCUT2D eigenvalue weighted by Crippen LogP contribution is -2.50. The molecule has 2 atom stereocenters. The molecule has 0 spiro atoms. The van der Waals surface area contributed by atoms with E-state index in [1.807, 2.05) is 6.07 Å². The molecule has 1 aliphatic rings. The molecule has 3 heterocycles. The van der Waals surface area contributed by atoms with Crippen molar-refractivity contribution in [2.75, 3.05) is 31.6 Å². The number of para-hydroxylation sites is 1. The third-order valence-electron chi connectivity index (χ3n) is 6.33. The molecule has 0 aliphatic carbocycles. The van der Waals surface area contributed by atoms with Crippen molar-refractivity contribution in [2.45, 2.75) is 51.6 Å². The van der Waals surface area contributed by atoms with Gasteiger partial charge in [-0.15, -0.1) is 0 Å². The van der Waals surface area contributed by atoms with Gasteiger partial charge in [0.25, 0.3) is 11.9 Å². The van der Waals surface area contributed by atoms with Crippen LogP contribution in [0.3, 0.4) is 0 Å². The summed E-state index contributed by atoms with van der Waals surface area (Å²) in [7, 11) is 2.13. The van der Waals surface area contributed by atoms with E-state index in [1.54, 1.807) is 6.20 Å². The molecule has 1 amide bonds. The molecule has 0 bridgehead atoms. The number of H-pyrrole nitrogens is 1. The van der Waals surface area contributed by atoms with Gasteiger partial charge in [0, 0.05) is 48.8 Å². The van der Waals surface area contributed by atoms with Crippen LogP contribution in [0.4, 0.5) is 6.01 Å². The number of benzene rings is 1. The van der Waals surface area contributed by atoms with Gasteiger partial charge in [0.1, 0.15) is 0 Å². The zero-order valence-corrected chi connectivity index (χ0v) is 18.7. The molecule has 7 heteroatoms. The van der Waals surface area contributed by atoms with Crippen molar-refractivity contribution in [2.24, 2.45) is 0 Å². The second-order valence-electron chi connectivity index (χ2n) is 8.66. The van der Waals surface area contributed by atoms with Crippen molar-refractivity contribution in [1.29, 1.82) is 0 Å². The molecule has 3 aromatic rings. The summed E-state index contributed by atoms with van der Waals surface area (Å²) < 4.78 is 5.86. The van der Waals surface area contributed by atoms with Gasteiger partial charge in [0.05, 0.1) is 6.20 Å². The Morgan fingerprint density at radius 1 is 1.35 bits per heavy atom. The monoisotopic (exact) mass is 423 g/mol. The number of anilines is 1. The number of rotatable bonds is 8. The Bertz CT molecular complexity index is 1010. The van der Waals surface area contributed by atoms with Crippen LogP contribution < -0.4 is 10.2 Å². The number of likely N-dealkylation sites (N-methyl/N-ethyl adjacent to an activating group) is 1. The molecular formula is C24H33N5O2. The molecule has 0 saturated carbocycles. The van der Waals surface area contributed by atoms with E-state index in [1.165, 1.54) is 10.9 Å². The molecule has 166 valence electrons. The predicted octanol–water partition coefficient (Wildman–Crippen LogP) is 3.83. The molecule has 2 N–H and O–H groups in total. The maximum atomic E-state index is 12.9. The number of nitrogens with zero attached hydrogens (tertiary/aromatic N) is 3. The van der Waals surface area contributed by atoms with E-state index >= 15 is 0 Å². The van der Waals surface area contributed by atoms with Gasteiger partial charge < -0.3 is 24.5 Å². The van der Waals surface area contributed by atoms with Crippen LogP contribution in [0, 0.1) is 0 Å².